The second kappa shape index (κ2) is 7.27. The molecular formula is C16H24FNO2. The predicted molar refractivity (Wildman–Crippen MR) is 78.1 cm³/mol. The van der Waals surface area contributed by atoms with Gasteiger partial charge in [-0.05, 0) is 43.0 Å². The van der Waals surface area contributed by atoms with Gasteiger partial charge in [0.1, 0.15) is 11.6 Å². The number of amides is 1. The van der Waals surface area contributed by atoms with Crippen LogP contribution in [0.4, 0.5) is 4.39 Å². The summed E-state index contributed by atoms with van der Waals surface area (Å²) in [5.74, 6) is 0.726. The number of carbonyl (C=O) groups is 1. The Hall–Kier alpha value is -1.58. The first-order valence-electron chi connectivity index (χ1n) is 7.04. The molecule has 0 bridgehead atoms. The molecule has 112 valence electrons. The van der Waals surface area contributed by atoms with Crippen molar-refractivity contribution in [3.8, 4) is 5.75 Å². The number of benzene rings is 1. The van der Waals surface area contributed by atoms with Crippen molar-refractivity contribution in [1.82, 2.24) is 5.32 Å². The Labute approximate surface area is 120 Å². The highest BCUT2D eigenvalue weighted by Gasteiger charge is 2.23. The van der Waals surface area contributed by atoms with Gasteiger partial charge in [-0.2, -0.15) is 0 Å². The molecule has 0 aliphatic carbocycles. The standard InChI is InChI=1S/C16H24FNO2/c1-10(2)15(11(3)4)18-16(19)12(5)20-14-8-6-13(17)7-9-14/h6-12,15H,1-5H3,(H,18,19)/t12-/m1/s1. The first kappa shape index (κ1) is 16.5. The van der Waals surface area contributed by atoms with E-state index in [2.05, 4.69) is 33.0 Å². The van der Waals surface area contributed by atoms with Gasteiger partial charge in [0.15, 0.2) is 6.10 Å². The van der Waals surface area contributed by atoms with Crippen molar-refractivity contribution < 1.29 is 13.9 Å². The van der Waals surface area contributed by atoms with Crippen LogP contribution < -0.4 is 10.1 Å². The monoisotopic (exact) mass is 281 g/mol. The molecule has 1 atom stereocenters. The molecular weight excluding hydrogens is 257 g/mol. The van der Waals surface area contributed by atoms with Gasteiger partial charge < -0.3 is 10.1 Å². The molecule has 1 N–H and O–H groups in total. The van der Waals surface area contributed by atoms with Gasteiger partial charge in [0.25, 0.3) is 5.91 Å². The van der Waals surface area contributed by atoms with Crippen LogP contribution in [-0.4, -0.2) is 18.1 Å². The maximum absolute atomic E-state index is 12.8. The molecule has 1 amide bonds. The summed E-state index contributed by atoms with van der Waals surface area (Å²) in [6.07, 6.45) is -0.611. The van der Waals surface area contributed by atoms with Gasteiger partial charge >= 0.3 is 0 Å². The smallest absolute Gasteiger partial charge is 0.261 e. The summed E-state index contributed by atoms with van der Waals surface area (Å²) in [4.78, 5) is 12.1. The predicted octanol–water partition coefficient (Wildman–Crippen LogP) is 3.39. The summed E-state index contributed by atoms with van der Waals surface area (Å²) in [5.41, 5.74) is 0. The van der Waals surface area contributed by atoms with Crippen LogP contribution in [0.2, 0.25) is 0 Å². The second-order valence-corrected chi connectivity index (χ2v) is 5.74. The van der Waals surface area contributed by atoms with E-state index in [1.807, 2.05) is 0 Å². The molecule has 0 aliphatic heterocycles. The first-order chi connectivity index (χ1) is 9.31. The van der Waals surface area contributed by atoms with Gasteiger partial charge in [-0.15, -0.1) is 0 Å². The van der Waals surface area contributed by atoms with E-state index in [0.29, 0.717) is 17.6 Å². The number of nitrogens with one attached hydrogen (secondary N) is 1. The molecule has 1 aromatic carbocycles. The number of carbonyl (C=O) groups excluding carboxylic acids is 1. The zero-order valence-corrected chi connectivity index (χ0v) is 12.8. The first-order valence-corrected chi connectivity index (χ1v) is 7.04. The molecule has 0 saturated heterocycles. The van der Waals surface area contributed by atoms with Crippen molar-refractivity contribution in [3.05, 3.63) is 30.1 Å². The third kappa shape index (κ3) is 4.83. The molecule has 0 fully saturated rings. The van der Waals surface area contributed by atoms with Crippen molar-refractivity contribution in [3.63, 3.8) is 0 Å². The Morgan fingerprint density at radius 3 is 2.00 bits per heavy atom. The van der Waals surface area contributed by atoms with Crippen LogP contribution in [0.5, 0.6) is 5.75 Å². The van der Waals surface area contributed by atoms with Crippen molar-refractivity contribution in [1.29, 1.82) is 0 Å². The fourth-order valence-corrected chi connectivity index (χ4v) is 2.16. The van der Waals surface area contributed by atoms with E-state index in [1.54, 1.807) is 6.92 Å². The fraction of sp³-hybridized carbons (Fsp3) is 0.562. The SMILES string of the molecule is CC(C)C(NC(=O)[C@@H](C)Oc1ccc(F)cc1)C(C)C. The molecule has 20 heavy (non-hydrogen) atoms. The summed E-state index contributed by atoms with van der Waals surface area (Å²) in [6.45, 7) is 10.0. The molecule has 1 aromatic rings. The van der Waals surface area contributed by atoms with Gasteiger partial charge in [-0.1, -0.05) is 27.7 Å². The maximum Gasteiger partial charge on any atom is 0.261 e. The zero-order chi connectivity index (χ0) is 15.3. The summed E-state index contributed by atoms with van der Waals surface area (Å²) in [5, 5.41) is 3.01. The van der Waals surface area contributed by atoms with E-state index in [4.69, 9.17) is 4.74 Å². The lowest BCUT2D eigenvalue weighted by molar-refractivity contribution is -0.128. The number of hydrogen-bond acceptors (Lipinski definition) is 2. The highest BCUT2D eigenvalue weighted by Crippen LogP contribution is 2.15. The summed E-state index contributed by atoms with van der Waals surface area (Å²) >= 11 is 0. The van der Waals surface area contributed by atoms with Crippen LogP contribution in [0.25, 0.3) is 0 Å². The lowest BCUT2D eigenvalue weighted by Crippen LogP contribution is -2.47. The van der Waals surface area contributed by atoms with Gasteiger partial charge in [-0.25, -0.2) is 4.39 Å². The lowest BCUT2D eigenvalue weighted by atomic mass is 9.93. The highest BCUT2D eigenvalue weighted by atomic mass is 19.1. The average molecular weight is 281 g/mol. The topological polar surface area (TPSA) is 38.3 Å². The second-order valence-electron chi connectivity index (χ2n) is 5.74. The Morgan fingerprint density at radius 1 is 1.05 bits per heavy atom. The largest absolute Gasteiger partial charge is 0.481 e. The molecule has 1 rings (SSSR count). The van der Waals surface area contributed by atoms with Crippen molar-refractivity contribution in [2.75, 3.05) is 0 Å². The third-order valence-corrected chi connectivity index (χ3v) is 3.24. The number of rotatable bonds is 6. The fourth-order valence-electron chi connectivity index (χ4n) is 2.16. The molecule has 0 saturated carbocycles. The van der Waals surface area contributed by atoms with Gasteiger partial charge in [0.05, 0.1) is 0 Å². The quantitative estimate of drug-likeness (QED) is 0.868. The molecule has 0 heterocycles. The normalized spacial score (nSPS) is 12.8. The van der Waals surface area contributed by atoms with Crippen LogP contribution in [0.3, 0.4) is 0 Å². The van der Waals surface area contributed by atoms with Crippen molar-refractivity contribution >= 4 is 5.91 Å². The molecule has 0 aliphatic rings. The maximum atomic E-state index is 12.8. The Kier molecular flexibility index (Phi) is 5.99. The average Bonchev–Trinajstić information content (AvgIpc) is 2.37. The van der Waals surface area contributed by atoms with Crippen LogP contribution >= 0.6 is 0 Å². The molecule has 4 heteroatoms. The number of hydrogen-bond donors (Lipinski definition) is 1. The number of halogens is 1. The zero-order valence-electron chi connectivity index (χ0n) is 12.8. The lowest BCUT2D eigenvalue weighted by Gasteiger charge is -2.27. The summed E-state index contributed by atoms with van der Waals surface area (Å²) in [6, 6.07) is 5.76. The van der Waals surface area contributed by atoms with E-state index in [1.165, 1.54) is 24.3 Å². The molecule has 0 unspecified atom stereocenters. The summed E-state index contributed by atoms with van der Waals surface area (Å²) in [7, 11) is 0. The van der Waals surface area contributed by atoms with E-state index in [9.17, 15) is 9.18 Å². The minimum Gasteiger partial charge on any atom is -0.481 e. The Bertz CT molecular complexity index is 421. The van der Waals surface area contributed by atoms with Gasteiger partial charge in [0, 0.05) is 6.04 Å². The minimum absolute atomic E-state index is 0.113. The minimum atomic E-state index is -0.611. The third-order valence-electron chi connectivity index (χ3n) is 3.24. The van der Waals surface area contributed by atoms with E-state index < -0.39 is 6.10 Å². The van der Waals surface area contributed by atoms with E-state index in [0.717, 1.165) is 0 Å². The molecule has 0 aromatic heterocycles. The molecule has 0 spiro atoms. The Morgan fingerprint density at radius 2 is 1.55 bits per heavy atom. The van der Waals surface area contributed by atoms with Gasteiger partial charge in [-0.3, -0.25) is 4.79 Å². The van der Waals surface area contributed by atoms with Crippen LogP contribution in [0.1, 0.15) is 34.6 Å². The van der Waals surface area contributed by atoms with Crippen LogP contribution in [-0.2, 0) is 4.79 Å². The van der Waals surface area contributed by atoms with Crippen molar-refractivity contribution in [2.24, 2.45) is 11.8 Å². The van der Waals surface area contributed by atoms with E-state index >= 15 is 0 Å². The van der Waals surface area contributed by atoms with E-state index in [-0.39, 0.29) is 17.8 Å². The Balaban J connectivity index is 2.60. The van der Waals surface area contributed by atoms with Crippen LogP contribution in [0.15, 0.2) is 24.3 Å². The van der Waals surface area contributed by atoms with Crippen LogP contribution in [0, 0.1) is 17.7 Å². The van der Waals surface area contributed by atoms with Crippen molar-refractivity contribution in [2.45, 2.75) is 46.8 Å². The molecule has 0 radical (unpaired) electrons. The highest BCUT2D eigenvalue weighted by molar-refractivity contribution is 5.81. The number of ether oxygens (including phenoxy) is 1. The van der Waals surface area contributed by atoms with Gasteiger partial charge in [0.2, 0.25) is 0 Å². The summed E-state index contributed by atoms with van der Waals surface area (Å²) < 4.78 is 18.3. The molecule has 3 nitrogen and oxygen atoms in total.